The van der Waals surface area contributed by atoms with Gasteiger partial charge in [0.15, 0.2) is 5.13 Å². The van der Waals surface area contributed by atoms with Gasteiger partial charge in [0.25, 0.3) is 5.91 Å². The van der Waals surface area contributed by atoms with Crippen LogP contribution in [-0.2, 0) is 0 Å². The molecule has 5 heteroatoms. The van der Waals surface area contributed by atoms with Crippen molar-refractivity contribution in [2.75, 3.05) is 18.8 Å². The van der Waals surface area contributed by atoms with Crippen LogP contribution in [0.1, 0.15) is 39.7 Å². The predicted octanol–water partition coefficient (Wildman–Crippen LogP) is 3.05. The van der Waals surface area contributed by atoms with Crippen molar-refractivity contribution < 1.29 is 4.79 Å². The Balaban J connectivity index is 1.66. The Morgan fingerprint density at radius 1 is 1.29 bits per heavy atom. The number of anilines is 1. The molecule has 0 aliphatic carbocycles. The van der Waals surface area contributed by atoms with Crippen LogP contribution in [0.25, 0.3) is 0 Å². The van der Waals surface area contributed by atoms with Crippen molar-refractivity contribution in [2.24, 2.45) is 0 Å². The number of carbonyl (C=O) groups is 1. The maximum Gasteiger partial charge on any atom is 0.265 e. The molecule has 2 aromatic rings. The lowest BCUT2D eigenvalue weighted by atomic mass is 9.89. The zero-order valence-electron chi connectivity index (χ0n) is 12.1. The zero-order chi connectivity index (χ0) is 14.8. The first-order valence-electron chi connectivity index (χ1n) is 7.22. The van der Waals surface area contributed by atoms with Crippen LogP contribution in [0.15, 0.2) is 30.3 Å². The number of piperidine rings is 1. The zero-order valence-corrected chi connectivity index (χ0v) is 12.9. The fourth-order valence-electron chi connectivity index (χ4n) is 2.90. The first kappa shape index (κ1) is 14.1. The Labute approximate surface area is 128 Å². The van der Waals surface area contributed by atoms with E-state index in [1.165, 1.54) is 16.9 Å². The molecule has 21 heavy (non-hydrogen) atoms. The van der Waals surface area contributed by atoms with Crippen molar-refractivity contribution in [1.82, 2.24) is 9.88 Å². The van der Waals surface area contributed by atoms with Gasteiger partial charge in [0, 0.05) is 13.1 Å². The third-order valence-corrected chi connectivity index (χ3v) is 5.04. The summed E-state index contributed by atoms with van der Waals surface area (Å²) >= 11 is 1.29. The molecular formula is C16H19N3OS. The number of nitrogens with zero attached hydrogens (tertiary/aromatic N) is 2. The number of nitrogen functional groups attached to an aromatic ring is 1. The third-order valence-electron chi connectivity index (χ3n) is 4.06. The Morgan fingerprint density at radius 2 is 1.95 bits per heavy atom. The maximum atomic E-state index is 12.5. The summed E-state index contributed by atoms with van der Waals surface area (Å²) in [5.74, 6) is 0.635. The van der Waals surface area contributed by atoms with Crippen molar-refractivity contribution in [2.45, 2.75) is 25.7 Å². The van der Waals surface area contributed by atoms with E-state index >= 15 is 0 Å². The van der Waals surface area contributed by atoms with Gasteiger partial charge in [0.2, 0.25) is 0 Å². The lowest BCUT2D eigenvalue weighted by Crippen LogP contribution is -2.37. The number of rotatable bonds is 2. The number of carbonyl (C=O) groups excluding carboxylic acids is 1. The van der Waals surface area contributed by atoms with Crippen LogP contribution in [0.3, 0.4) is 0 Å². The summed E-state index contributed by atoms with van der Waals surface area (Å²) in [4.78, 5) is 19.3. The highest BCUT2D eigenvalue weighted by atomic mass is 32.1. The van der Waals surface area contributed by atoms with Crippen molar-refractivity contribution in [3.63, 3.8) is 0 Å². The number of aromatic nitrogens is 1. The van der Waals surface area contributed by atoms with Crippen LogP contribution in [0.2, 0.25) is 0 Å². The number of hydrogen-bond acceptors (Lipinski definition) is 4. The molecule has 0 radical (unpaired) electrons. The summed E-state index contributed by atoms with van der Waals surface area (Å²) in [5.41, 5.74) is 7.80. The summed E-state index contributed by atoms with van der Waals surface area (Å²) in [7, 11) is 0. The van der Waals surface area contributed by atoms with Crippen LogP contribution in [-0.4, -0.2) is 28.9 Å². The fourth-order valence-corrected chi connectivity index (χ4v) is 3.70. The van der Waals surface area contributed by atoms with E-state index in [1.807, 2.05) is 17.9 Å². The number of likely N-dealkylation sites (tertiary alicyclic amines) is 1. The van der Waals surface area contributed by atoms with Crippen molar-refractivity contribution in [1.29, 1.82) is 0 Å². The molecule has 0 unspecified atom stereocenters. The van der Waals surface area contributed by atoms with Gasteiger partial charge in [-0.15, -0.1) is 0 Å². The number of amides is 1. The molecule has 2 heterocycles. The van der Waals surface area contributed by atoms with Crippen LogP contribution < -0.4 is 5.73 Å². The average molecular weight is 301 g/mol. The summed E-state index contributed by atoms with van der Waals surface area (Å²) in [6, 6.07) is 10.6. The lowest BCUT2D eigenvalue weighted by molar-refractivity contribution is 0.0717. The van der Waals surface area contributed by atoms with Gasteiger partial charge < -0.3 is 10.6 Å². The quantitative estimate of drug-likeness (QED) is 0.927. The minimum absolute atomic E-state index is 0.0770. The summed E-state index contributed by atoms with van der Waals surface area (Å²) in [6.45, 7) is 3.45. The highest BCUT2D eigenvalue weighted by Gasteiger charge is 2.26. The van der Waals surface area contributed by atoms with Crippen LogP contribution in [0.4, 0.5) is 5.13 Å². The lowest BCUT2D eigenvalue weighted by Gasteiger charge is -2.32. The van der Waals surface area contributed by atoms with Crippen molar-refractivity contribution >= 4 is 22.4 Å². The molecule has 1 saturated heterocycles. The molecule has 0 atom stereocenters. The fraction of sp³-hybridized carbons (Fsp3) is 0.375. The number of aryl methyl sites for hydroxylation is 1. The van der Waals surface area contributed by atoms with E-state index in [0.29, 0.717) is 15.9 Å². The van der Waals surface area contributed by atoms with Gasteiger partial charge in [-0.3, -0.25) is 4.79 Å². The molecular weight excluding hydrogens is 282 g/mol. The molecule has 0 spiro atoms. The van der Waals surface area contributed by atoms with Gasteiger partial charge in [-0.2, -0.15) is 0 Å². The molecule has 1 aromatic carbocycles. The van der Waals surface area contributed by atoms with Crippen LogP contribution in [0, 0.1) is 6.92 Å². The van der Waals surface area contributed by atoms with Gasteiger partial charge in [0.1, 0.15) is 4.88 Å². The molecule has 1 aromatic heterocycles. The van der Waals surface area contributed by atoms with E-state index in [2.05, 4.69) is 29.2 Å². The number of benzene rings is 1. The topological polar surface area (TPSA) is 59.2 Å². The largest absolute Gasteiger partial charge is 0.375 e. The Hall–Kier alpha value is -1.88. The average Bonchev–Trinajstić information content (AvgIpc) is 2.86. The molecule has 2 N–H and O–H groups in total. The van der Waals surface area contributed by atoms with E-state index < -0.39 is 0 Å². The number of thiazole rings is 1. The second-order valence-corrected chi connectivity index (χ2v) is 6.47. The van der Waals surface area contributed by atoms with Gasteiger partial charge in [-0.1, -0.05) is 41.7 Å². The van der Waals surface area contributed by atoms with Crippen LogP contribution >= 0.6 is 11.3 Å². The summed E-state index contributed by atoms with van der Waals surface area (Å²) in [6.07, 6.45) is 2.03. The SMILES string of the molecule is Cc1nc(N)sc1C(=O)N1CCC(c2ccccc2)CC1. The third kappa shape index (κ3) is 2.93. The maximum absolute atomic E-state index is 12.5. The Morgan fingerprint density at radius 3 is 2.52 bits per heavy atom. The molecule has 0 saturated carbocycles. The van der Waals surface area contributed by atoms with Crippen molar-refractivity contribution in [3.05, 3.63) is 46.5 Å². The van der Waals surface area contributed by atoms with Gasteiger partial charge in [-0.25, -0.2) is 4.98 Å². The van der Waals surface area contributed by atoms with Gasteiger partial charge in [0.05, 0.1) is 5.69 Å². The minimum Gasteiger partial charge on any atom is -0.375 e. The minimum atomic E-state index is 0.0770. The highest BCUT2D eigenvalue weighted by molar-refractivity contribution is 7.17. The molecule has 3 rings (SSSR count). The Bertz CT molecular complexity index is 630. The first-order valence-corrected chi connectivity index (χ1v) is 8.04. The molecule has 1 fully saturated rings. The standard InChI is InChI=1S/C16H19N3OS/c1-11-14(21-16(17)18-11)15(20)19-9-7-13(8-10-19)12-5-3-2-4-6-12/h2-6,13H,7-10H2,1H3,(H2,17,18). The van der Waals surface area contributed by atoms with E-state index in [-0.39, 0.29) is 5.91 Å². The second kappa shape index (κ2) is 5.85. The molecule has 4 nitrogen and oxygen atoms in total. The van der Waals surface area contributed by atoms with Gasteiger partial charge >= 0.3 is 0 Å². The number of nitrogens with two attached hydrogens (primary N) is 1. The second-order valence-electron chi connectivity index (χ2n) is 5.44. The van der Waals surface area contributed by atoms with E-state index in [1.54, 1.807) is 0 Å². The molecule has 110 valence electrons. The molecule has 1 amide bonds. The molecule has 1 aliphatic heterocycles. The first-order chi connectivity index (χ1) is 10.1. The predicted molar refractivity (Wildman–Crippen MR) is 85.6 cm³/mol. The number of hydrogen-bond donors (Lipinski definition) is 1. The van der Waals surface area contributed by atoms with Crippen LogP contribution in [0.5, 0.6) is 0 Å². The Kier molecular flexibility index (Phi) is 3.92. The normalized spacial score (nSPS) is 16.1. The summed E-state index contributed by atoms with van der Waals surface area (Å²) in [5, 5.41) is 0.468. The summed E-state index contributed by atoms with van der Waals surface area (Å²) < 4.78 is 0. The smallest absolute Gasteiger partial charge is 0.265 e. The highest BCUT2D eigenvalue weighted by Crippen LogP contribution is 2.29. The van der Waals surface area contributed by atoms with Crippen molar-refractivity contribution in [3.8, 4) is 0 Å². The molecule has 1 aliphatic rings. The molecule has 0 bridgehead atoms. The van der Waals surface area contributed by atoms with E-state index in [9.17, 15) is 4.79 Å². The van der Waals surface area contributed by atoms with E-state index in [4.69, 9.17) is 5.73 Å². The van der Waals surface area contributed by atoms with E-state index in [0.717, 1.165) is 31.6 Å². The van der Waals surface area contributed by atoms with Gasteiger partial charge in [-0.05, 0) is 31.2 Å². The monoisotopic (exact) mass is 301 g/mol.